The van der Waals surface area contributed by atoms with E-state index in [4.69, 9.17) is 0 Å². The van der Waals surface area contributed by atoms with E-state index in [1.807, 2.05) is 11.0 Å². The van der Waals surface area contributed by atoms with Crippen molar-refractivity contribution >= 4 is 23.2 Å². The van der Waals surface area contributed by atoms with Crippen LogP contribution in [0.3, 0.4) is 0 Å². The van der Waals surface area contributed by atoms with E-state index in [0.717, 1.165) is 25.0 Å². The molecular formula is C21H21F2N3O2. The standard InChI is InChI=1S/C21H21F2N3O2/c22-15-7-8-17(23)16(10-15)14-4-3-9-25(11-14)13-21(28)26-12-20(27)24-18-5-1-2-6-19(18)26/h1-2,5-8,10,14H,3-4,9,11-13H2,(H,24,27). The van der Waals surface area contributed by atoms with Gasteiger partial charge in [-0.3, -0.25) is 19.4 Å². The zero-order valence-corrected chi connectivity index (χ0v) is 15.3. The highest BCUT2D eigenvalue weighted by atomic mass is 19.1. The predicted molar refractivity (Wildman–Crippen MR) is 102 cm³/mol. The van der Waals surface area contributed by atoms with Crippen molar-refractivity contribution in [2.45, 2.75) is 18.8 Å². The monoisotopic (exact) mass is 385 g/mol. The molecule has 0 bridgehead atoms. The summed E-state index contributed by atoms with van der Waals surface area (Å²) < 4.78 is 27.7. The maximum Gasteiger partial charge on any atom is 0.244 e. The number of halogens is 2. The van der Waals surface area contributed by atoms with Gasteiger partial charge in [0.25, 0.3) is 0 Å². The number of rotatable bonds is 3. The Labute approximate surface area is 161 Å². The van der Waals surface area contributed by atoms with E-state index < -0.39 is 11.6 Å². The smallest absolute Gasteiger partial charge is 0.244 e. The van der Waals surface area contributed by atoms with Crippen molar-refractivity contribution in [1.82, 2.24) is 4.90 Å². The Morgan fingerprint density at radius 1 is 1.18 bits per heavy atom. The number of carbonyl (C=O) groups is 2. The van der Waals surface area contributed by atoms with E-state index >= 15 is 0 Å². The fourth-order valence-corrected chi connectivity index (χ4v) is 4.01. The summed E-state index contributed by atoms with van der Waals surface area (Å²) in [4.78, 5) is 28.3. The molecule has 0 radical (unpaired) electrons. The van der Waals surface area contributed by atoms with Crippen molar-refractivity contribution < 1.29 is 18.4 Å². The molecule has 2 aromatic carbocycles. The van der Waals surface area contributed by atoms with Crippen LogP contribution >= 0.6 is 0 Å². The van der Waals surface area contributed by atoms with Gasteiger partial charge in [0.15, 0.2) is 0 Å². The minimum Gasteiger partial charge on any atom is -0.323 e. The number of nitrogens with one attached hydrogen (secondary N) is 1. The molecule has 0 aromatic heterocycles. The molecule has 2 aromatic rings. The van der Waals surface area contributed by atoms with Crippen LogP contribution in [0.4, 0.5) is 20.2 Å². The van der Waals surface area contributed by atoms with Gasteiger partial charge in [0.05, 0.1) is 17.9 Å². The molecule has 0 saturated carbocycles. The van der Waals surface area contributed by atoms with Crippen LogP contribution in [-0.4, -0.2) is 42.9 Å². The highest BCUT2D eigenvalue weighted by Crippen LogP contribution is 2.31. The fraction of sp³-hybridized carbons (Fsp3) is 0.333. The summed E-state index contributed by atoms with van der Waals surface area (Å²) in [6, 6.07) is 10.7. The molecule has 2 amide bonds. The molecule has 2 aliphatic rings. The van der Waals surface area contributed by atoms with Gasteiger partial charge in [0, 0.05) is 6.54 Å². The number of para-hydroxylation sites is 2. The lowest BCUT2D eigenvalue weighted by molar-refractivity contribution is -0.122. The van der Waals surface area contributed by atoms with E-state index in [1.54, 1.807) is 18.2 Å². The van der Waals surface area contributed by atoms with Crippen LogP contribution in [0.5, 0.6) is 0 Å². The number of amides is 2. The first kappa shape index (κ1) is 18.6. The number of nitrogens with zero attached hydrogens (tertiary/aromatic N) is 2. The van der Waals surface area contributed by atoms with E-state index in [1.165, 1.54) is 11.0 Å². The molecule has 1 fully saturated rings. The zero-order chi connectivity index (χ0) is 19.7. The molecule has 1 atom stereocenters. The van der Waals surface area contributed by atoms with Gasteiger partial charge in [-0.1, -0.05) is 12.1 Å². The van der Waals surface area contributed by atoms with Gasteiger partial charge in [-0.2, -0.15) is 0 Å². The molecule has 1 saturated heterocycles. The Morgan fingerprint density at radius 3 is 2.86 bits per heavy atom. The van der Waals surface area contributed by atoms with Gasteiger partial charge in [-0.25, -0.2) is 8.78 Å². The van der Waals surface area contributed by atoms with Crippen LogP contribution in [0.15, 0.2) is 42.5 Å². The molecule has 1 N–H and O–H groups in total. The zero-order valence-electron chi connectivity index (χ0n) is 15.3. The number of hydrogen-bond donors (Lipinski definition) is 1. The Kier molecular flexibility index (Phi) is 5.09. The quantitative estimate of drug-likeness (QED) is 0.883. The molecule has 28 heavy (non-hydrogen) atoms. The van der Waals surface area contributed by atoms with Crippen molar-refractivity contribution in [2.24, 2.45) is 0 Å². The lowest BCUT2D eigenvalue weighted by Crippen LogP contribution is -2.48. The number of benzene rings is 2. The molecule has 0 spiro atoms. The third kappa shape index (κ3) is 3.75. The lowest BCUT2D eigenvalue weighted by Gasteiger charge is -2.35. The molecule has 2 heterocycles. The largest absolute Gasteiger partial charge is 0.323 e. The van der Waals surface area contributed by atoms with Crippen LogP contribution < -0.4 is 10.2 Å². The van der Waals surface area contributed by atoms with Crippen molar-refractivity contribution in [3.05, 3.63) is 59.7 Å². The average Bonchev–Trinajstić information content (AvgIpc) is 2.69. The van der Waals surface area contributed by atoms with Gasteiger partial charge in [0.1, 0.15) is 18.2 Å². The Balaban J connectivity index is 1.48. The topological polar surface area (TPSA) is 52.7 Å². The first-order valence-electron chi connectivity index (χ1n) is 9.38. The van der Waals surface area contributed by atoms with Gasteiger partial charge < -0.3 is 5.32 Å². The fourth-order valence-electron chi connectivity index (χ4n) is 4.01. The number of fused-ring (bicyclic) bond motifs is 1. The number of hydrogen-bond acceptors (Lipinski definition) is 3. The molecule has 5 nitrogen and oxygen atoms in total. The summed E-state index contributed by atoms with van der Waals surface area (Å²) in [5, 5.41) is 2.76. The Morgan fingerprint density at radius 2 is 2.00 bits per heavy atom. The molecule has 2 aliphatic heterocycles. The van der Waals surface area contributed by atoms with E-state index in [0.29, 0.717) is 30.0 Å². The highest BCUT2D eigenvalue weighted by molar-refractivity contribution is 6.10. The normalized spacial score (nSPS) is 19.9. The van der Waals surface area contributed by atoms with Gasteiger partial charge in [0.2, 0.25) is 11.8 Å². The summed E-state index contributed by atoms with van der Waals surface area (Å²) in [6.45, 7) is 1.30. The van der Waals surface area contributed by atoms with E-state index in [9.17, 15) is 18.4 Å². The summed E-state index contributed by atoms with van der Waals surface area (Å²) in [5.74, 6) is -1.44. The van der Waals surface area contributed by atoms with Crippen LogP contribution in [-0.2, 0) is 9.59 Å². The van der Waals surface area contributed by atoms with Crippen LogP contribution in [0.2, 0.25) is 0 Å². The number of likely N-dealkylation sites (tertiary alicyclic amines) is 1. The van der Waals surface area contributed by atoms with Crippen molar-refractivity contribution in [3.63, 3.8) is 0 Å². The summed E-state index contributed by atoms with van der Waals surface area (Å²) in [5.41, 5.74) is 1.65. The van der Waals surface area contributed by atoms with Gasteiger partial charge in [-0.05, 0) is 61.2 Å². The molecule has 1 unspecified atom stereocenters. The minimum atomic E-state index is -0.458. The van der Waals surface area contributed by atoms with Crippen molar-refractivity contribution in [2.75, 3.05) is 36.4 Å². The summed E-state index contributed by atoms with van der Waals surface area (Å²) in [6.07, 6.45) is 1.55. The van der Waals surface area contributed by atoms with E-state index in [2.05, 4.69) is 5.32 Å². The molecule has 146 valence electrons. The maximum absolute atomic E-state index is 14.1. The number of carbonyl (C=O) groups excluding carboxylic acids is 2. The lowest BCUT2D eigenvalue weighted by atomic mass is 9.90. The van der Waals surface area contributed by atoms with Gasteiger partial charge >= 0.3 is 0 Å². The van der Waals surface area contributed by atoms with Crippen LogP contribution in [0.25, 0.3) is 0 Å². The maximum atomic E-state index is 14.1. The first-order chi connectivity index (χ1) is 13.5. The first-order valence-corrected chi connectivity index (χ1v) is 9.38. The Hall–Kier alpha value is -2.80. The van der Waals surface area contributed by atoms with Crippen molar-refractivity contribution in [1.29, 1.82) is 0 Å². The average molecular weight is 385 g/mol. The second-order valence-electron chi connectivity index (χ2n) is 7.29. The molecular weight excluding hydrogens is 364 g/mol. The predicted octanol–water partition coefficient (Wildman–Crippen LogP) is 3.13. The third-order valence-electron chi connectivity index (χ3n) is 5.33. The molecule has 7 heteroatoms. The molecule has 4 rings (SSSR count). The second kappa shape index (κ2) is 7.67. The van der Waals surface area contributed by atoms with Crippen LogP contribution in [0, 0.1) is 11.6 Å². The third-order valence-corrected chi connectivity index (χ3v) is 5.33. The molecule has 0 aliphatic carbocycles. The Bertz CT molecular complexity index is 918. The highest BCUT2D eigenvalue weighted by Gasteiger charge is 2.30. The second-order valence-corrected chi connectivity index (χ2v) is 7.29. The van der Waals surface area contributed by atoms with Crippen molar-refractivity contribution in [3.8, 4) is 0 Å². The summed E-state index contributed by atoms with van der Waals surface area (Å²) >= 11 is 0. The van der Waals surface area contributed by atoms with E-state index in [-0.39, 0.29) is 30.8 Å². The van der Waals surface area contributed by atoms with Gasteiger partial charge in [-0.15, -0.1) is 0 Å². The SMILES string of the molecule is O=C1CN(C(=O)CN2CCCC(c3cc(F)ccc3F)C2)c2ccccc2N1. The number of piperidine rings is 1. The van der Waals surface area contributed by atoms with Crippen LogP contribution in [0.1, 0.15) is 24.3 Å². The summed E-state index contributed by atoms with van der Waals surface area (Å²) in [7, 11) is 0. The number of anilines is 2. The minimum absolute atomic E-state index is 0.0222.